The van der Waals surface area contributed by atoms with Gasteiger partial charge in [-0.05, 0) is 12.1 Å². The molecule has 6 heteroatoms. The van der Waals surface area contributed by atoms with Crippen LogP contribution >= 0.6 is 11.6 Å². The molecule has 0 unspecified atom stereocenters. The first-order valence-corrected chi connectivity index (χ1v) is 6.60. The van der Waals surface area contributed by atoms with Crippen molar-refractivity contribution in [3.05, 3.63) is 35.2 Å². The minimum Gasteiger partial charge on any atom is -0.489 e. The van der Waals surface area contributed by atoms with E-state index in [1.807, 2.05) is 0 Å². The Labute approximate surface area is 120 Å². The van der Waals surface area contributed by atoms with Crippen LogP contribution in [0.5, 0.6) is 5.75 Å². The zero-order valence-corrected chi connectivity index (χ0v) is 11.6. The number of anilines is 2. The molecule has 0 radical (unpaired) electrons. The van der Waals surface area contributed by atoms with Gasteiger partial charge in [-0.1, -0.05) is 11.6 Å². The van der Waals surface area contributed by atoms with E-state index in [2.05, 4.69) is 15.6 Å². The lowest BCUT2D eigenvalue weighted by Gasteiger charge is -2.22. The topological polar surface area (TPSA) is 46.2 Å². The molecular weight excluding hydrogens is 281 g/mol. The van der Waals surface area contributed by atoms with Gasteiger partial charge in [0.1, 0.15) is 18.2 Å². The van der Waals surface area contributed by atoms with Gasteiger partial charge < -0.3 is 15.4 Å². The first-order chi connectivity index (χ1) is 9.69. The summed E-state index contributed by atoms with van der Waals surface area (Å²) >= 11 is 6.19. The van der Waals surface area contributed by atoms with Crippen LogP contribution in [0.4, 0.5) is 15.9 Å². The second-order valence-electron chi connectivity index (χ2n) is 4.40. The summed E-state index contributed by atoms with van der Waals surface area (Å²) in [6.45, 7) is 1.19. The van der Waals surface area contributed by atoms with Crippen molar-refractivity contribution in [1.82, 2.24) is 4.98 Å². The van der Waals surface area contributed by atoms with Crippen LogP contribution in [0.15, 0.2) is 24.4 Å². The third-order valence-electron chi connectivity index (χ3n) is 3.12. The number of ether oxygens (including phenoxy) is 1. The number of rotatable bonds is 2. The molecule has 0 saturated heterocycles. The number of pyridine rings is 1. The predicted octanol–water partition coefficient (Wildman–Crippen LogP) is 3.39. The minimum absolute atomic E-state index is 0.337. The molecule has 104 valence electrons. The lowest BCUT2D eigenvalue weighted by Crippen LogP contribution is -2.18. The average Bonchev–Trinajstić information content (AvgIpc) is 2.47. The smallest absolute Gasteiger partial charge is 0.150 e. The van der Waals surface area contributed by atoms with E-state index in [0.29, 0.717) is 46.6 Å². The van der Waals surface area contributed by atoms with Crippen LogP contribution in [-0.2, 0) is 0 Å². The molecule has 0 atom stereocenters. The fourth-order valence-electron chi connectivity index (χ4n) is 2.20. The van der Waals surface area contributed by atoms with Gasteiger partial charge in [0.25, 0.3) is 0 Å². The summed E-state index contributed by atoms with van der Waals surface area (Å²) in [5.41, 5.74) is 1.95. The number of fused-ring (bicyclic) bond motifs is 1. The number of hydrogen-bond donors (Lipinski definition) is 2. The fraction of sp³-hybridized carbons (Fsp3) is 0.214. The average molecular weight is 294 g/mol. The van der Waals surface area contributed by atoms with Crippen molar-refractivity contribution in [2.75, 3.05) is 30.8 Å². The van der Waals surface area contributed by atoms with E-state index in [0.717, 1.165) is 0 Å². The Kier molecular flexibility index (Phi) is 3.36. The summed E-state index contributed by atoms with van der Waals surface area (Å²) in [6.07, 6.45) is 1.54. The first-order valence-electron chi connectivity index (χ1n) is 6.23. The lowest BCUT2D eigenvalue weighted by molar-refractivity contribution is 0.324. The number of aromatic nitrogens is 1. The van der Waals surface area contributed by atoms with E-state index in [1.165, 1.54) is 18.3 Å². The molecule has 1 aromatic carbocycles. The maximum atomic E-state index is 13.8. The van der Waals surface area contributed by atoms with Crippen LogP contribution in [0.3, 0.4) is 0 Å². The van der Waals surface area contributed by atoms with Gasteiger partial charge >= 0.3 is 0 Å². The highest BCUT2D eigenvalue weighted by molar-refractivity contribution is 6.33. The molecule has 1 aliphatic heterocycles. The van der Waals surface area contributed by atoms with Crippen LogP contribution in [0.2, 0.25) is 5.02 Å². The van der Waals surface area contributed by atoms with Crippen molar-refractivity contribution in [3.8, 4) is 16.9 Å². The molecule has 0 amide bonds. The fourth-order valence-corrected chi connectivity index (χ4v) is 2.41. The van der Waals surface area contributed by atoms with Gasteiger partial charge in [0.05, 0.1) is 10.7 Å². The van der Waals surface area contributed by atoms with Crippen molar-refractivity contribution in [2.24, 2.45) is 0 Å². The SMILES string of the molecule is CNc1cc(-c2cc(F)cc3c2OCCN3)c(Cl)cn1. The highest BCUT2D eigenvalue weighted by atomic mass is 35.5. The standard InChI is InChI=1S/C14H13ClFN3O/c1-17-13-6-9(11(15)7-19-13)10-4-8(16)5-12-14(10)20-3-2-18-12/h4-7,18H,2-3H2,1H3,(H,17,19). The largest absolute Gasteiger partial charge is 0.489 e. The van der Waals surface area contributed by atoms with Crippen molar-refractivity contribution in [2.45, 2.75) is 0 Å². The van der Waals surface area contributed by atoms with Gasteiger partial charge in [0.2, 0.25) is 0 Å². The maximum absolute atomic E-state index is 13.8. The van der Waals surface area contributed by atoms with Crippen molar-refractivity contribution < 1.29 is 9.13 Å². The van der Waals surface area contributed by atoms with Gasteiger partial charge in [0.15, 0.2) is 5.75 Å². The second-order valence-corrected chi connectivity index (χ2v) is 4.81. The maximum Gasteiger partial charge on any atom is 0.150 e. The van der Waals surface area contributed by atoms with Crippen LogP contribution in [-0.4, -0.2) is 25.2 Å². The summed E-state index contributed by atoms with van der Waals surface area (Å²) in [5.74, 6) is 0.939. The molecule has 0 fully saturated rings. The molecule has 2 heterocycles. The number of nitrogens with one attached hydrogen (secondary N) is 2. The zero-order valence-electron chi connectivity index (χ0n) is 10.8. The zero-order chi connectivity index (χ0) is 14.1. The number of halogens is 2. The summed E-state index contributed by atoms with van der Waals surface area (Å²) in [6, 6.07) is 4.62. The van der Waals surface area contributed by atoms with Gasteiger partial charge in [-0.15, -0.1) is 0 Å². The molecule has 0 spiro atoms. The molecule has 1 aliphatic rings. The van der Waals surface area contributed by atoms with E-state index >= 15 is 0 Å². The summed E-state index contributed by atoms with van der Waals surface area (Å²) in [7, 11) is 1.76. The minimum atomic E-state index is -0.337. The molecule has 1 aromatic heterocycles. The number of hydrogen-bond acceptors (Lipinski definition) is 4. The summed E-state index contributed by atoms with van der Waals surface area (Å²) in [5, 5.41) is 6.51. The quantitative estimate of drug-likeness (QED) is 0.891. The second kappa shape index (κ2) is 5.17. The van der Waals surface area contributed by atoms with E-state index in [9.17, 15) is 4.39 Å². The number of benzene rings is 1. The molecule has 3 rings (SSSR count). The van der Waals surface area contributed by atoms with Crippen LogP contribution in [0.25, 0.3) is 11.1 Å². The molecule has 0 bridgehead atoms. The third-order valence-corrected chi connectivity index (χ3v) is 3.42. The Morgan fingerprint density at radius 3 is 3.00 bits per heavy atom. The lowest BCUT2D eigenvalue weighted by atomic mass is 10.0. The Hall–Kier alpha value is -2.01. The molecule has 2 N–H and O–H groups in total. The molecule has 2 aromatic rings. The van der Waals surface area contributed by atoms with Crippen LogP contribution in [0.1, 0.15) is 0 Å². The number of nitrogens with zero attached hydrogens (tertiary/aromatic N) is 1. The van der Waals surface area contributed by atoms with E-state index in [4.69, 9.17) is 16.3 Å². The highest BCUT2D eigenvalue weighted by Gasteiger charge is 2.19. The van der Waals surface area contributed by atoms with E-state index in [-0.39, 0.29) is 5.82 Å². The highest BCUT2D eigenvalue weighted by Crippen LogP contribution is 2.42. The van der Waals surface area contributed by atoms with Crippen LogP contribution in [0, 0.1) is 5.82 Å². The Balaban J connectivity index is 2.21. The monoisotopic (exact) mass is 293 g/mol. The van der Waals surface area contributed by atoms with Crippen LogP contribution < -0.4 is 15.4 Å². The summed E-state index contributed by atoms with van der Waals surface area (Å²) < 4.78 is 19.4. The molecule has 0 saturated carbocycles. The molecule has 20 heavy (non-hydrogen) atoms. The third kappa shape index (κ3) is 2.25. The van der Waals surface area contributed by atoms with Crippen molar-refractivity contribution in [3.63, 3.8) is 0 Å². The van der Waals surface area contributed by atoms with Gasteiger partial charge in [-0.25, -0.2) is 9.37 Å². The van der Waals surface area contributed by atoms with E-state index in [1.54, 1.807) is 13.1 Å². The predicted molar refractivity (Wildman–Crippen MR) is 78.2 cm³/mol. The normalized spacial score (nSPS) is 13.2. The Morgan fingerprint density at radius 2 is 2.20 bits per heavy atom. The van der Waals surface area contributed by atoms with Gasteiger partial charge in [-0.3, -0.25) is 0 Å². The van der Waals surface area contributed by atoms with E-state index < -0.39 is 0 Å². The first kappa shape index (κ1) is 13.0. The van der Waals surface area contributed by atoms with Crippen molar-refractivity contribution in [1.29, 1.82) is 0 Å². The molecular formula is C14H13ClFN3O. The molecule has 0 aliphatic carbocycles. The molecule has 4 nitrogen and oxygen atoms in total. The Bertz CT molecular complexity index is 663. The van der Waals surface area contributed by atoms with Gasteiger partial charge in [0, 0.05) is 37.0 Å². The van der Waals surface area contributed by atoms with Crippen molar-refractivity contribution >= 4 is 23.1 Å². The summed E-state index contributed by atoms with van der Waals surface area (Å²) in [4.78, 5) is 4.12. The van der Waals surface area contributed by atoms with Gasteiger partial charge in [-0.2, -0.15) is 0 Å². The Morgan fingerprint density at radius 1 is 1.35 bits per heavy atom.